The van der Waals surface area contributed by atoms with E-state index in [0.29, 0.717) is 5.75 Å². The van der Waals surface area contributed by atoms with Crippen molar-refractivity contribution in [2.24, 2.45) is 5.73 Å². The molecule has 1 aromatic rings. The Morgan fingerprint density at radius 1 is 1.71 bits per heavy atom. The van der Waals surface area contributed by atoms with Crippen LogP contribution in [0.5, 0.6) is 0 Å². The largest absolute Gasteiger partial charge is 0.480 e. The molecule has 96 valence electrons. The Hall–Kier alpha value is -1.01. The summed E-state index contributed by atoms with van der Waals surface area (Å²) >= 11 is 1.51. The van der Waals surface area contributed by atoms with Crippen LogP contribution in [0, 0.1) is 0 Å². The molecule has 0 fully saturated rings. The normalized spacial score (nSPS) is 13.6. The first-order valence-electron chi connectivity index (χ1n) is 5.51. The second-order valence-corrected chi connectivity index (χ2v) is 5.97. The summed E-state index contributed by atoms with van der Waals surface area (Å²) in [6, 6.07) is -0.877. The fourth-order valence-corrected chi connectivity index (χ4v) is 2.43. The first-order chi connectivity index (χ1) is 7.88. The fraction of sp³-hybridized carbons (Fsp3) is 0.636. The Balaban J connectivity index is 2.64. The molecule has 5 nitrogen and oxygen atoms in total. The lowest BCUT2D eigenvalue weighted by Gasteiger charge is -2.27. The Morgan fingerprint density at radius 3 is 2.88 bits per heavy atom. The van der Waals surface area contributed by atoms with Gasteiger partial charge in [0.1, 0.15) is 11.9 Å². The van der Waals surface area contributed by atoms with E-state index >= 15 is 0 Å². The lowest BCUT2D eigenvalue weighted by atomic mass is 10.1. The zero-order chi connectivity index (χ0) is 13.1. The van der Waals surface area contributed by atoms with Crippen molar-refractivity contribution >= 4 is 17.7 Å². The summed E-state index contributed by atoms with van der Waals surface area (Å²) in [6.07, 6.45) is 3.67. The van der Waals surface area contributed by atoms with E-state index in [9.17, 15) is 4.79 Å². The molecule has 0 spiro atoms. The molecule has 1 atom stereocenters. The molecule has 3 N–H and O–H groups in total. The molecule has 0 unspecified atom stereocenters. The molecular weight excluding hydrogens is 238 g/mol. The molecule has 17 heavy (non-hydrogen) atoms. The van der Waals surface area contributed by atoms with E-state index in [4.69, 9.17) is 10.8 Å². The van der Waals surface area contributed by atoms with Gasteiger partial charge in [-0.2, -0.15) is 0 Å². The number of carbonyl (C=O) groups is 1. The number of aryl methyl sites for hydroxylation is 1. The highest BCUT2D eigenvalue weighted by molar-refractivity contribution is 7.99. The molecule has 0 radical (unpaired) electrons. The third-order valence-electron chi connectivity index (χ3n) is 2.73. The second-order valence-electron chi connectivity index (χ2n) is 4.34. The minimum atomic E-state index is -0.971. The van der Waals surface area contributed by atoms with Crippen LogP contribution in [-0.4, -0.2) is 31.4 Å². The van der Waals surface area contributed by atoms with Crippen molar-refractivity contribution < 1.29 is 9.90 Å². The molecule has 0 aliphatic rings. The summed E-state index contributed by atoms with van der Waals surface area (Å²) in [4.78, 5) is 15.1. The van der Waals surface area contributed by atoms with Crippen LogP contribution in [0.1, 0.15) is 26.6 Å². The first-order valence-corrected chi connectivity index (χ1v) is 6.49. The zero-order valence-electron chi connectivity index (χ0n) is 10.4. The van der Waals surface area contributed by atoms with Gasteiger partial charge in [0.25, 0.3) is 0 Å². The SMILES string of the molecule is CCn1ccnc1CSC(C)(C)[C@H](N)C(=O)O. The third-order valence-corrected chi connectivity index (χ3v) is 4.13. The highest BCUT2D eigenvalue weighted by Crippen LogP contribution is 2.30. The molecular formula is C11H19N3O2S. The molecule has 0 amide bonds. The van der Waals surface area contributed by atoms with Crippen molar-refractivity contribution in [3.63, 3.8) is 0 Å². The van der Waals surface area contributed by atoms with Crippen LogP contribution < -0.4 is 5.73 Å². The Kier molecular flexibility index (Phi) is 4.59. The van der Waals surface area contributed by atoms with E-state index in [1.807, 2.05) is 31.5 Å². The number of thioether (sulfide) groups is 1. The number of hydrogen-bond acceptors (Lipinski definition) is 4. The average molecular weight is 257 g/mol. The molecule has 0 aliphatic heterocycles. The van der Waals surface area contributed by atoms with Gasteiger partial charge in [-0.3, -0.25) is 4.79 Å². The molecule has 0 aliphatic carbocycles. The van der Waals surface area contributed by atoms with Crippen LogP contribution in [0.2, 0.25) is 0 Å². The average Bonchev–Trinajstić information content (AvgIpc) is 2.72. The lowest BCUT2D eigenvalue weighted by molar-refractivity contribution is -0.139. The van der Waals surface area contributed by atoms with Gasteiger partial charge >= 0.3 is 5.97 Å². The molecule has 1 aromatic heterocycles. The molecule has 1 rings (SSSR count). The molecule has 0 bridgehead atoms. The van der Waals surface area contributed by atoms with Gasteiger partial charge in [-0.05, 0) is 20.8 Å². The number of carboxylic acid groups (broad SMARTS) is 1. The minimum Gasteiger partial charge on any atom is -0.480 e. The van der Waals surface area contributed by atoms with E-state index < -0.39 is 16.8 Å². The summed E-state index contributed by atoms with van der Waals surface area (Å²) < 4.78 is 1.52. The van der Waals surface area contributed by atoms with Crippen LogP contribution in [0.3, 0.4) is 0 Å². The summed E-state index contributed by atoms with van der Waals surface area (Å²) in [5.41, 5.74) is 5.66. The minimum absolute atomic E-state index is 0.518. The maximum atomic E-state index is 10.9. The van der Waals surface area contributed by atoms with Crippen molar-refractivity contribution in [1.82, 2.24) is 9.55 Å². The maximum absolute atomic E-state index is 10.9. The summed E-state index contributed by atoms with van der Waals surface area (Å²) in [7, 11) is 0. The van der Waals surface area contributed by atoms with Crippen molar-refractivity contribution in [3.8, 4) is 0 Å². The van der Waals surface area contributed by atoms with Gasteiger partial charge in [0, 0.05) is 23.7 Å². The molecule has 0 saturated heterocycles. The van der Waals surface area contributed by atoms with Gasteiger partial charge in [-0.1, -0.05) is 0 Å². The van der Waals surface area contributed by atoms with Crippen molar-refractivity contribution in [2.45, 2.75) is 43.9 Å². The van der Waals surface area contributed by atoms with Crippen molar-refractivity contribution in [2.75, 3.05) is 0 Å². The quantitative estimate of drug-likeness (QED) is 0.803. The molecule has 1 heterocycles. The fourth-order valence-electron chi connectivity index (χ4n) is 1.41. The topological polar surface area (TPSA) is 81.1 Å². The van der Waals surface area contributed by atoms with Crippen LogP contribution in [0.25, 0.3) is 0 Å². The van der Waals surface area contributed by atoms with E-state index in [1.165, 1.54) is 11.8 Å². The van der Waals surface area contributed by atoms with Crippen molar-refractivity contribution in [3.05, 3.63) is 18.2 Å². The van der Waals surface area contributed by atoms with Gasteiger partial charge < -0.3 is 15.4 Å². The van der Waals surface area contributed by atoms with Crippen LogP contribution in [0.4, 0.5) is 0 Å². The van der Waals surface area contributed by atoms with Crippen LogP contribution in [0.15, 0.2) is 12.4 Å². The number of nitrogens with two attached hydrogens (primary N) is 1. The summed E-state index contributed by atoms with van der Waals surface area (Å²) in [6.45, 7) is 6.59. The standard InChI is InChI=1S/C11H19N3O2S/c1-4-14-6-5-13-8(14)7-17-11(2,3)9(12)10(15)16/h5-6,9H,4,7,12H2,1-3H3,(H,15,16)/t9-/m1/s1. The summed E-state index contributed by atoms with van der Waals surface area (Å²) in [5, 5.41) is 8.92. The molecule has 0 aromatic carbocycles. The number of imidazole rings is 1. The number of aliphatic carboxylic acids is 1. The monoisotopic (exact) mass is 257 g/mol. The number of carboxylic acids is 1. The predicted molar refractivity (Wildman–Crippen MR) is 68.9 cm³/mol. The van der Waals surface area contributed by atoms with Gasteiger partial charge in [0.15, 0.2) is 0 Å². The van der Waals surface area contributed by atoms with Crippen molar-refractivity contribution in [1.29, 1.82) is 0 Å². The number of nitrogens with zero attached hydrogens (tertiary/aromatic N) is 2. The molecule has 0 saturated carbocycles. The second kappa shape index (κ2) is 5.55. The van der Waals surface area contributed by atoms with Gasteiger partial charge in [0.05, 0.1) is 5.75 Å². The zero-order valence-corrected chi connectivity index (χ0v) is 11.2. The highest BCUT2D eigenvalue weighted by atomic mass is 32.2. The smallest absolute Gasteiger partial charge is 0.321 e. The van der Waals surface area contributed by atoms with E-state index in [1.54, 1.807) is 6.20 Å². The Labute approximate surface area is 105 Å². The van der Waals surface area contributed by atoms with Gasteiger partial charge in [-0.15, -0.1) is 11.8 Å². The van der Waals surface area contributed by atoms with Gasteiger partial charge in [-0.25, -0.2) is 4.98 Å². The third kappa shape index (κ3) is 3.47. The van der Waals surface area contributed by atoms with E-state index in [2.05, 4.69) is 4.98 Å². The highest BCUT2D eigenvalue weighted by Gasteiger charge is 2.32. The van der Waals surface area contributed by atoms with Crippen LogP contribution >= 0.6 is 11.8 Å². The predicted octanol–water partition coefficient (Wildman–Crippen LogP) is 1.33. The number of rotatable bonds is 6. The number of hydrogen-bond donors (Lipinski definition) is 2. The Morgan fingerprint density at radius 2 is 2.35 bits per heavy atom. The Bertz CT molecular complexity index is 390. The lowest BCUT2D eigenvalue weighted by Crippen LogP contribution is -2.46. The number of aromatic nitrogens is 2. The van der Waals surface area contributed by atoms with Crippen LogP contribution in [-0.2, 0) is 17.1 Å². The summed E-state index contributed by atoms with van der Waals surface area (Å²) in [5.74, 6) is 0.638. The van der Waals surface area contributed by atoms with E-state index in [-0.39, 0.29) is 0 Å². The molecule has 6 heteroatoms. The van der Waals surface area contributed by atoms with E-state index in [0.717, 1.165) is 12.4 Å². The first kappa shape index (κ1) is 14.1. The maximum Gasteiger partial charge on any atom is 0.321 e. The van der Waals surface area contributed by atoms with Gasteiger partial charge in [0.2, 0.25) is 0 Å².